The van der Waals surface area contributed by atoms with Crippen LogP contribution in [0.3, 0.4) is 0 Å². The number of alkyl halides is 2. The van der Waals surface area contributed by atoms with Crippen molar-refractivity contribution in [1.82, 2.24) is 34.9 Å². The van der Waals surface area contributed by atoms with E-state index in [0.29, 0.717) is 136 Å². The Bertz CT molecular complexity index is 2960. The highest BCUT2D eigenvalue weighted by atomic mass is 32.1. The maximum atomic E-state index is 14.3. The highest BCUT2D eigenvalue weighted by Gasteiger charge is 2.52. The van der Waals surface area contributed by atoms with Crippen molar-refractivity contribution in [3.8, 4) is 17.2 Å². The summed E-state index contributed by atoms with van der Waals surface area (Å²) < 4.78 is 62.8. The van der Waals surface area contributed by atoms with Crippen LogP contribution in [0.5, 0.6) is 17.2 Å². The topological polar surface area (TPSA) is 249 Å². The zero-order valence-electron chi connectivity index (χ0n) is 50.1. The zero-order chi connectivity index (χ0) is 61.8. The predicted molar refractivity (Wildman–Crippen MR) is 333 cm³/mol. The van der Waals surface area contributed by atoms with Crippen LogP contribution < -0.4 is 36.0 Å². The Labute approximate surface area is 515 Å². The molecule has 3 heterocycles. The highest BCUT2D eigenvalue weighted by Crippen LogP contribution is 2.44. The van der Waals surface area contributed by atoms with Gasteiger partial charge < -0.3 is 64.5 Å². The van der Waals surface area contributed by atoms with Gasteiger partial charge in [-0.05, 0) is 106 Å². The van der Waals surface area contributed by atoms with Gasteiger partial charge in [0.2, 0.25) is 17.7 Å². The number of hydrogen-bond donors (Lipinski definition) is 4. The molecular weight excluding hydrogens is 1160 g/mol. The molecule has 26 heteroatoms. The van der Waals surface area contributed by atoms with E-state index in [1.165, 1.54) is 27.6 Å². The number of thiazole rings is 2. The molecule has 5 N–H and O–H groups in total. The minimum Gasteiger partial charge on any atom is -0.497 e. The number of carbonyl (C=O) groups excluding carboxylic acids is 4. The summed E-state index contributed by atoms with van der Waals surface area (Å²) in [5.74, 6) is 3.84. The van der Waals surface area contributed by atoms with Crippen molar-refractivity contribution in [1.29, 1.82) is 0 Å². The number of carbonyl (C=O) groups is 4. The number of hydrazone groups is 1. The molecule has 2 aliphatic rings. The Kier molecular flexibility index (Phi) is 27.5. The molecule has 1 saturated heterocycles. The maximum absolute atomic E-state index is 14.3. The second-order valence-electron chi connectivity index (χ2n) is 21.2. The number of aliphatic imine (C=N–C) groups is 1. The first-order valence-electron chi connectivity index (χ1n) is 29.3. The van der Waals surface area contributed by atoms with Crippen molar-refractivity contribution in [2.75, 3.05) is 131 Å². The number of nitrogens with two attached hydrogens (primary N) is 1. The lowest BCUT2D eigenvalue weighted by molar-refractivity contribution is -0.164. The van der Waals surface area contributed by atoms with Crippen LogP contribution in [-0.2, 0) is 48.0 Å². The van der Waals surface area contributed by atoms with Gasteiger partial charge in [0.1, 0.15) is 23.9 Å². The van der Waals surface area contributed by atoms with Crippen LogP contribution in [0.1, 0.15) is 72.1 Å². The first-order valence-corrected chi connectivity index (χ1v) is 31.0. The second-order valence-corrected chi connectivity index (χ2v) is 23.1. The van der Waals surface area contributed by atoms with Crippen LogP contribution in [0, 0.1) is 6.92 Å². The van der Waals surface area contributed by atoms with Crippen molar-refractivity contribution in [2.45, 2.75) is 82.8 Å². The molecule has 1 aliphatic carbocycles. The van der Waals surface area contributed by atoms with E-state index in [-0.39, 0.29) is 25.3 Å². The number of likely N-dealkylation sites (N-methyl/N-ethyl adjacent to an activating group) is 2. The van der Waals surface area contributed by atoms with E-state index in [4.69, 9.17) is 34.3 Å². The molecule has 1 atom stereocenters. The molecule has 5 aromatic rings. The Morgan fingerprint density at radius 3 is 2.14 bits per heavy atom. The number of methoxy groups -OCH3 is 1. The number of nitrogens with zero attached hydrogens (tertiary/aromatic N) is 8. The number of unbranched alkanes of at least 4 members (excludes halogenated alkanes) is 1. The van der Waals surface area contributed by atoms with Crippen LogP contribution in [0.15, 0.2) is 93.7 Å². The summed E-state index contributed by atoms with van der Waals surface area (Å²) >= 11 is 2.61. The average Bonchev–Trinajstić information content (AvgIpc) is 1.99. The maximum Gasteiger partial charge on any atom is 0.325 e. The molecule has 2 fully saturated rings. The molecule has 87 heavy (non-hydrogen) atoms. The molecule has 0 bridgehead atoms. The number of benzene rings is 3. The van der Waals surface area contributed by atoms with E-state index >= 15 is 0 Å². The second kappa shape index (κ2) is 35.6. The van der Waals surface area contributed by atoms with E-state index in [9.17, 15) is 28.0 Å². The number of rotatable bonds is 37. The van der Waals surface area contributed by atoms with E-state index in [2.05, 4.69) is 52.9 Å². The molecule has 0 spiro atoms. The molecule has 7 rings (SSSR count). The fourth-order valence-electron chi connectivity index (χ4n) is 9.39. The Morgan fingerprint density at radius 2 is 1.45 bits per heavy atom. The van der Waals surface area contributed by atoms with Gasteiger partial charge in [0.25, 0.3) is 5.92 Å². The van der Waals surface area contributed by atoms with Crippen molar-refractivity contribution in [2.24, 2.45) is 15.9 Å². The van der Waals surface area contributed by atoms with Crippen LogP contribution in [0.2, 0.25) is 0 Å². The van der Waals surface area contributed by atoms with E-state index in [1.807, 2.05) is 48.3 Å². The molecule has 2 aromatic heterocycles. The van der Waals surface area contributed by atoms with Crippen molar-refractivity contribution < 1.29 is 56.4 Å². The third kappa shape index (κ3) is 23.4. The number of urea groups is 1. The largest absolute Gasteiger partial charge is 0.497 e. The Morgan fingerprint density at radius 1 is 0.782 bits per heavy atom. The SMILES string of the molecule is COc1ccc(CNC(=O)C(c2csc(C)n2)N(C(=O)CCc2ccc(OCCCCN(C)CCOCCOCC/C(C=NCCOCCOc3ccc(NC(=O)Nc4nc(CC(=O)N5CCN(C)CC5)cs4)cc3)=N/N)cc2)C2CC(F)(F)C2)cc1. The third-order valence-corrected chi connectivity index (χ3v) is 16.0. The Hall–Kier alpha value is -7.20. The molecule has 5 amide bonds. The number of nitrogens with one attached hydrogen (secondary N) is 3. The molecule has 472 valence electrons. The van der Waals surface area contributed by atoms with Gasteiger partial charge in [0.15, 0.2) is 11.2 Å². The molecule has 0 radical (unpaired) electrons. The fourth-order valence-corrected chi connectivity index (χ4v) is 10.7. The number of aromatic nitrogens is 2. The van der Waals surface area contributed by atoms with Gasteiger partial charge in [-0.2, -0.15) is 5.10 Å². The number of anilines is 2. The summed E-state index contributed by atoms with van der Waals surface area (Å²) in [5.41, 5.74) is 3.87. The molecule has 3 aromatic carbocycles. The lowest BCUT2D eigenvalue weighted by Gasteiger charge is -2.45. The average molecular weight is 1250 g/mol. The molecule has 1 unspecified atom stereocenters. The van der Waals surface area contributed by atoms with Gasteiger partial charge in [-0.1, -0.05) is 24.3 Å². The van der Waals surface area contributed by atoms with E-state index in [0.717, 1.165) is 50.1 Å². The van der Waals surface area contributed by atoms with Crippen molar-refractivity contribution in [3.05, 3.63) is 111 Å². The van der Waals surface area contributed by atoms with E-state index < -0.39 is 48.7 Å². The smallest absolute Gasteiger partial charge is 0.325 e. The minimum absolute atomic E-state index is 0.0240. The highest BCUT2D eigenvalue weighted by molar-refractivity contribution is 7.14. The monoisotopic (exact) mass is 1240 g/mol. The van der Waals surface area contributed by atoms with Gasteiger partial charge in [-0.15, -0.1) is 22.7 Å². The summed E-state index contributed by atoms with van der Waals surface area (Å²) in [6, 6.07) is 19.3. The number of piperazine rings is 1. The van der Waals surface area contributed by atoms with Crippen LogP contribution in [-0.4, -0.2) is 197 Å². The summed E-state index contributed by atoms with van der Waals surface area (Å²) in [6.45, 7) is 10.7. The third-order valence-electron chi connectivity index (χ3n) is 14.4. The van der Waals surface area contributed by atoms with Gasteiger partial charge in [-0.3, -0.25) is 24.7 Å². The molecule has 1 aliphatic heterocycles. The van der Waals surface area contributed by atoms with Crippen molar-refractivity contribution >= 4 is 69.2 Å². The molecule has 22 nitrogen and oxygen atoms in total. The number of halogens is 2. The summed E-state index contributed by atoms with van der Waals surface area (Å²) in [6.07, 6.45) is 3.46. The Balaban J connectivity index is 0.670. The van der Waals surface area contributed by atoms with E-state index in [1.54, 1.807) is 67.4 Å². The quantitative estimate of drug-likeness (QED) is 0.0130. The van der Waals surface area contributed by atoms with Crippen LogP contribution >= 0.6 is 22.7 Å². The lowest BCUT2D eigenvalue weighted by Crippen LogP contribution is -2.56. The van der Waals surface area contributed by atoms with Crippen LogP contribution in [0.25, 0.3) is 0 Å². The van der Waals surface area contributed by atoms with Crippen LogP contribution in [0.4, 0.5) is 24.4 Å². The summed E-state index contributed by atoms with van der Waals surface area (Å²) in [4.78, 5) is 74.1. The van der Waals surface area contributed by atoms with Gasteiger partial charge in [0, 0.05) is 93.7 Å². The predicted octanol–water partition coefficient (Wildman–Crippen LogP) is 7.49. The van der Waals surface area contributed by atoms with Gasteiger partial charge >= 0.3 is 6.03 Å². The number of ether oxygens (including phenoxy) is 6. The lowest BCUT2D eigenvalue weighted by atomic mass is 9.85. The number of hydrogen-bond acceptors (Lipinski definition) is 19. The molecular formula is C61H82F2N12O10S2. The standard InChI is InChI=1S/C61H82F2N12O10S2/c1-44-67-54(43-86-44)57(58(78)66-40-46-9-14-51(80-4)15-10-46)75(50-38-61(62,63)39-50)55(76)20-11-45-7-16-52(17-8-45)84-29-6-5-23-72(2)28-32-83-34-33-81-30-21-48(71-64)41-65-22-31-82-35-36-85-53-18-12-47(13-19-53)68-59(79)70-60-69-49(42-87-60)37-56(77)74-26-24-73(3)25-27-74/h7-10,12-19,41-43,50,57H,5-6,11,20-40,64H2,1-4H3,(H,66,78)(H2,68,69,70,79)/b65-41?,71-48-. The molecule has 1 saturated carbocycles. The zero-order valence-corrected chi connectivity index (χ0v) is 51.7. The number of amides is 5. The fraction of sp³-hybridized carbons (Fsp3) is 0.508. The summed E-state index contributed by atoms with van der Waals surface area (Å²) in [5, 5.41) is 16.8. The number of aryl methyl sites for hydroxylation is 2. The normalized spacial score (nSPS) is 14.8. The summed E-state index contributed by atoms with van der Waals surface area (Å²) in [7, 11) is 5.66. The first kappa shape index (κ1) is 67.3. The van der Waals surface area contributed by atoms with Gasteiger partial charge in [-0.25, -0.2) is 23.5 Å². The minimum atomic E-state index is -2.91. The first-order chi connectivity index (χ1) is 42.1. The van der Waals surface area contributed by atoms with Gasteiger partial charge in [0.05, 0.1) is 88.4 Å². The van der Waals surface area contributed by atoms with Crippen molar-refractivity contribution in [3.63, 3.8) is 0 Å².